The zero-order chi connectivity index (χ0) is 33.6. The predicted octanol–water partition coefficient (Wildman–Crippen LogP) is 8.05. The van der Waals surface area contributed by atoms with Crippen LogP contribution in [-0.4, -0.2) is 43.3 Å². The first-order valence-corrected chi connectivity index (χ1v) is 17.2. The highest BCUT2D eigenvalue weighted by atomic mass is 35.5. The van der Waals surface area contributed by atoms with Gasteiger partial charge in [0.15, 0.2) is 0 Å². The molecule has 1 N–H and O–H groups in total. The number of benzene rings is 4. The second-order valence-corrected chi connectivity index (χ2v) is 15.2. The van der Waals surface area contributed by atoms with Gasteiger partial charge >= 0.3 is 0 Å². The maximum absolute atomic E-state index is 14.6. The lowest BCUT2D eigenvalue weighted by molar-refractivity contribution is -0.140. The number of halogens is 4. The molecule has 0 unspecified atom stereocenters. The summed E-state index contributed by atoms with van der Waals surface area (Å²) in [5, 5.41) is 3.95. The first kappa shape index (κ1) is 35.6. The summed E-state index contributed by atoms with van der Waals surface area (Å²) in [4.78, 5) is 29.8. The third-order valence-corrected chi connectivity index (χ3v) is 9.83. The maximum atomic E-state index is 14.6. The molecule has 0 spiro atoms. The van der Waals surface area contributed by atoms with Crippen molar-refractivity contribution in [2.45, 2.75) is 50.2 Å². The van der Waals surface area contributed by atoms with Crippen LogP contribution in [0, 0.1) is 0 Å². The van der Waals surface area contributed by atoms with E-state index in [1.54, 1.807) is 36.4 Å². The number of rotatable bonds is 11. The second kappa shape index (κ2) is 15.1. The van der Waals surface area contributed by atoms with Crippen molar-refractivity contribution >= 4 is 73.9 Å². The summed E-state index contributed by atoms with van der Waals surface area (Å²) < 4.78 is 29.2. The lowest BCUT2D eigenvalue weighted by atomic mass is 10.0. The zero-order valence-electron chi connectivity index (χ0n) is 25.4. The molecular formula is C34H33Cl4N3O4S. The third kappa shape index (κ3) is 9.17. The molecule has 0 saturated heterocycles. The Morgan fingerprint density at radius 2 is 1.37 bits per heavy atom. The smallest absolute Gasteiger partial charge is 0.264 e. The largest absolute Gasteiger partial charge is 0.350 e. The van der Waals surface area contributed by atoms with Gasteiger partial charge in [-0.3, -0.25) is 13.9 Å². The minimum absolute atomic E-state index is 0.00889. The molecule has 0 aliphatic rings. The molecular weight excluding hydrogens is 688 g/mol. The number of hydrogen-bond acceptors (Lipinski definition) is 4. The highest BCUT2D eigenvalue weighted by molar-refractivity contribution is 7.92. The van der Waals surface area contributed by atoms with E-state index in [1.807, 2.05) is 51.1 Å². The van der Waals surface area contributed by atoms with Crippen LogP contribution in [0.5, 0.6) is 0 Å². The van der Waals surface area contributed by atoms with E-state index < -0.39 is 40.0 Å². The van der Waals surface area contributed by atoms with E-state index in [1.165, 1.54) is 35.2 Å². The summed E-state index contributed by atoms with van der Waals surface area (Å²) in [6.45, 7) is 4.69. The van der Waals surface area contributed by atoms with Crippen LogP contribution >= 0.6 is 46.4 Å². The van der Waals surface area contributed by atoms with Crippen LogP contribution in [0.3, 0.4) is 0 Å². The van der Waals surface area contributed by atoms with Gasteiger partial charge in [0.05, 0.1) is 15.6 Å². The van der Waals surface area contributed by atoms with E-state index in [0.29, 0.717) is 10.6 Å². The minimum atomic E-state index is -4.34. The molecule has 7 nitrogen and oxygen atoms in total. The van der Waals surface area contributed by atoms with E-state index in [0.717, 1.165) is 9.87 Å². The Kier molecular flexibility index (Phi) is 11.7. The van der Waals surface area contributed by atoms with Crippen molar-refractivity contribution in [3.63, 3.8) is 0 Å². The third-order valence-electron chi connectivity index (χ3n) is 6.91. The van der Waals surface area contributed by atoms with Crippen molar-refractivity contribution in [1.29, 1.82) is 0 Å². The fraction of sp³-hybridized carbons (Fsp3) is 0.235. The van der Waals surface area contributed by atoms with Crippen molar-refractivity contribution in [1.82, 2.24) is 10.2 Å². The van der Waals surface area contributed by atoms with Crippen LogP contribution in [0.2, 0.25) is 20.1 Å². The maximum Gasteiger partial charge on any atom is 0.264 e. The molecule has 0 aliphatic carbocycles. The summed E-state index contributed by atoms with van der Waals surface area (Å²) in [7, 11) is -4.34. The SMILES string of the molecule is CC(C)(C)NC(=O)[C@H](Cc1ccccc1)N(Cc1ccc(Cl)cc1Cl)C(=O)CN(c1cc(Cl)ccc1Cl)S(=O)(=O)c1ccccc1. The molecule has 0 saturated carbocycles. The molecule has 242 valence electrons. The second-order valence-electron chi connectivity index (χ2n) is 11.6. The molecule has 0 aromatic heterocycles. The lowest BCUT2D eigenvalue weighted by Gasteiger charge is -2.35. The average molecular weight is 722 g/mol. The van der Waals surface area contributed by atoms with Crippen molar-refractivity contribution in [2.75, 3.05) is 10.8 Å². The van der Waals surface area contributed by atoms with E-state index >= 15 is 0 Å². The molecule has 4 aromatic carbocycles. The number of nitrogens with one attached hydrogen (secondary N) is 1. The molecule has 46 heavy (non-hydrogen) atoms. The summed E-state index contributed by atoms with van der Waals surface area (Å²) in [6, 6.07) is 25.1. The molecule has 0 aliphatic heterocycles. The molecule has 2 amide bonds. The van der Waals surface area contributed by atoms with Crippen molar-refractivity contribution in [3.05, 3.63) is 128 Å². The van der Waals surface area contributed by atoms with Gasteiger partial charge in [0.25, 0.3) is 10.0 Å². The van der Waals surface area contributed by atoms with Crippen LogP contribution in [0.4, 0.5) is 5.69 Å². The number of carbonyl (C=O) groups excluding carboxylic acids is 2. The number of anilines is 1. The molecule has 0 radical (unpaired) electrons. The van der Waals surface area contributed by atoms with E-state index in [4.69, 9.17) is 46.4 Å². The molecule has 0 heterocycles. The van der Waals surface area contributed by atoms with Crippen LogP contribution in [-0.2, 0) is 32.6 Å². The summed E-state index contributed by atoms with van der Waals surface area (Å²) >= 11 is 25.5. The Bertz CT molecular complexity index is 1800. The van der Waals surface area contributed by atoms with Crippen LogP contribution in [0.1, 0.15) is 31.9 Å². The quantitative estimate of drug-likeness (QED) is 0.170. The summed E-state index contributed by atoms with van der Waals surface area (Å²) in [5.41, 5.74) is 0.687. The predicted molar refractivity (Wildman–Crippen MR) is 186 cm³/mol. The van der Waals surface area contributed by atoms with Crippen LogP contribution < -0.4 is 9.62 Å². The van der Waals surface area contributed by atoms with Gasteiger partial charge in [-0.2, -0.15) is 0 Å². The Balaban J connectivity index is 1.86. The number of hydrogen-bond donors (Lipinski definition) is 1. The highest BCUT2D eigenvalue weighted by Gasteiger charge is 2.36. The van der Waals surface area contributed by atoms with Crippen molar-refractivity contribution in [3.8, 4) is 0 Å². The first-order chi connectivity index (χ1) is 21.7. The monoisotopic (exact) mass is 719 g/mol. The topological polar surface area (TPSA) is 86.8 Å². The Morgan fingerprint density at radius 3 is 1.98 bits per heavy atom. The van der Waals surface area contributed by atoms with Gasteiger partial charge < -0.3 is 10.2 Å². The molecule has 4 rings (SSSR count). The van der Waals surface area contributed by atoms with Gasteiger partial charge in [0.2, 0.25) is 11.8 Å². The van der Waals surface area contributed by atoms with E-state index in [-0.39, 0.29) is 38.6 Å². The van der Waals surface area contributed by atoms with Crippen LogP contribution in [0.15, 0.2) is 102 Å². The standard InChI is InChI=1S/C34H33Cl4N3O4S/c1-34(2,3)39-33(43)31(18-23-10-6-4-7-11-23)40(21-24-14-15-25(35)19-29(24)38)32(42)22-41(30-20-26(36)16-17-28(30)37)46(44,45)27-12-8-5-9-13-27/h4-17,19-20,31H,18,21-22H2,1-3H3,(H,39,43)/t31-/m0/s1. The van der Waals surface area contributed by atoms with Gasteiger partial charge in [-0.05, 0) is 74.4 Å². The molecule has 4 aromatic rings. The average Bonchev–Trinajstić information content (AvgIpc) is 3.00. The van der Waals surface area contributed by atoms with E-state index in [9.17, 15) is 18.0 Å². The van der Waals surface area contributed by atoms with Crippen molar-refractivity contribution in [2.24, 2.45) is 0 Å². The molecule has 0 bridgehead atoms. The molecule has 0 fully saturated rings. The fourth-order valence-corrected chi connectivity index (χ4v) is 7.10. The normalized spacial score (nSPS) is 12.3. The summed E-state index contributed by atoms with van der Waals surface area (Å²) in [5.74, 6) is -1.10. The molecule has 12 heteroatoms. The minimum Gasteiger partial charge on any atom is -0.350 e. The van der Waals surface area contributed by atoms with Crippen LogP contribution in [0.25, 0.3) is 0 Å². The number of carbonyl (C=O) groups is 2. The highest BCUT2D eigenvalue weighted by Crippen LogP contribution is 2.34. The molecule has 1 atom stereocenters. The lowest BCUT2D eigenvalue weighted by Crippen LogP contribution is -2.56. The van der Waals surface area contributed by atoms with Crippen molar-refractivity contribution < 1.29 is 18.0 Å². The number of nitrogens with zero attached hydrogens (tertiary/aromatic N) is 2. The first-order valence-electron chi connectivity index (χ1n) is 14.3. The number of amides is 2. The van der Waals surface area contributed by atoms with Gasteiger partial charge in [-0.25, -0.2) is 8.42 Å². The van der Waals surface area contributed by atoms with Gasteiger partial charge in [0.1, 0.15) is 12.6 Å². The Morgan fingerprint density at radius 1 is 0.783 bits per heavy atom. The van der Waals surface area contributed by atoms with Gasteiger partial charge in [-0.1, -0.05) is 101 Å². The fourth-order valence-electron chi connectivity index (χ4n) is 4.75. The Labute approximate surface area is 290 Å². The number of sulfonamides is 1. The zero-order valence-corrected chi connectivity index (χ0v) is 29.2. The van der Waals surface area contributed by atoms with Gasteiger partial charge in [-0.15, -0.1) is 0 Å². The summed E-state index contributed by atoms with van der Waals surface area (Å²) in [6.07, 6.45) is 0.142. The Hall–Kier alpha value is -3.27. The van der Waals surface area contributed by atoms with Gasteiger partial charge in [0, 0.05) is 33.6 Å². The van der Waals surface area contributed by atoms with E-state index in [2.05, 4.69) is 5.32 Å².